The zero-order chi connectivity index (χ0) is 20.8. The van der Waals surface area contributed by atoms with Gasteiger partial charge in [-0.2, -0.15) is 5.10 Å². The molecule has 3 aromatic rings. The fourth-order valence-corrected chi connectivity index (χ4v) is 2.85. The minimum atomic E-state index is -0.297. The van der Waals surface area contributed by atoms with Crippen LogP contribution in [-0.2, 0) is 0 Å². The van der Waals surface area contributed by atoms with Crippen molar-refractivity contribution in [1.82, 2.24) is 15.5 Å². The van der Waals surface area contributed by atoms with Gasteiger partial charge in [0.2, 0.25) is 6.79 Å². The summed E-state index contributed by atoms with van der Waals surface area (Å²) < 4.78 is 21.4. The molecule has 1 amide bonds. The average Bonchev–Trinajstić information content (AvgIpc) is 3.45. The number of aromatic nitrogens is 2. The summed E-state index contributed by atoms with van der Waals surface area (Å²) in [5, 5.41) is 9.65. The Balaban J connectivity index is 1.26. The number of methoxy groups -OCH3 is 1. The Hall–Kier alpha value is -4.12. The lowest BCUT2D eigenvalue weighted by Crippen LogP contribution is -2.24. The van der Waals surface area contributed by atoms with Crippen LogP contribution in [0.4, 0.5) is 0 Å². The zero-order valence-electron chi connectivity index (χ0n) is 16.2. The molecule has 0 radical (unpaired) electrons. The van der Waals surface area contributed by atoms with Gasteiger partial charge in [0.1, 0.15) is 23.8 Å². The highest BCUT2D eigenvalue weighted by Gasteiger charge is 2.14. The lowest BCUT2D eigenvalue weighted by atomic mass is 10.1. The van der Waals surface area contributed by atoms with E-state index in [4.69, 9.17) is 18.9 Å². The number of ether oxygens (including phenoxy) is 4. The average molecular weight is 405 g/mol. The van der Waals surface area contributed by atoms with Gasteiger partial charge in [-0.05, 0) is 30.3 Å². The zero-order valence-corrected chi connectivity index (χ0v) is 16.2. The number of hydrogen-bond acceptors (Lipinski definition) is 6. The Morgan fingerprint density at radius 1 is 1.17 bits per heavy atom. The van der Waals surface area contributed by atoms with Crippen molar-refractivity contribution in [3.63, 3.8) is 0 Å². The molecule has 2 aromatic carbocycles. The molecule has 30 heavy (non-hydrogen) atoms. The van der Waals surface area contributed by atoms with Crippen LogP contribution >= 0.6 is 0 Å². The summed E-state index contributed by atoms with van der Waals surface area (Å²) in [7, 11) is 1.59. The molecule has 1 aliphatic heterocycles. The maximum absolute atomic E-state index is 12.3. The van der Waals surface area contributed by atoms with E-state index < -0.39 is 0 Å². The standard InChI is InChI=1S/C22H19N3O5/c1-27-19-7-3-2-6-16(19)17-13-18(25-24-17)22(26)23-10-4-5-11-28-15-8-9-20-21(12-15)30-14-29-20/h2-3,6-9,12-13H,10-11,14H2,1H3,(H,23,26)(H,24,25). The van der Waals surface area contributed by atoms with Gasteiger partial charge in [0.25, 0.3) is 5.91 Å². The van der Waals surface area contributed by atoms with Crippen molar-refractivity contribution in [2.45, 2.75) is 0 Å². The molecule has 0 saturated carbocycles. The van der Waals surface area contributed by atoms with E-state index in [0.29, 0.717) is 34.4 Å². The van der Waals surface area contributed by atoms with Gasteiger partial charge < -0.3 is 24.3 Å². The highest BCUT2D eigenvalue weighted by Crippen LogP contribution is 2.35. The first-order valence-electron chi connectivity index (χ1n) is 9.20. The first-order valence-corrected chi connectivity index (χ1v) is 9.20. The second-order valence-electron chi connectivity index (χ2n) is 6.21. The van der Waals surface area contributed by atoms with Crippen LogP contribution in [0.1, 0.15) is 10.5 Å². The summed E-state index contributed by atoms with van der Waals surface area (Å²) in [6.45, 7) is 0.596. The summed E-state index contributed by atoms with van der Waals surface area (Å²) in [5.41, 5.74) is 1.77. The Kier molecular flexibility index (Phi) is 5.71. The van der Waals surface area contributed by atoms with Crippen molar-refractivity contribution in [3.05, 3.63) is 54.2 Å². The number of benzene rings is 2. The summed E-state index contributed by atoms with van der Waals surface area (Å²) in [4.78, 5) is 12.3. The number of nitrogens with zero attached hydrogens (tertiary/aromatic N) is 1. The Morgan fingerprint density at radius 2 is 2.03 bits per heavy atom. The van der Waals surface area contributed by atoms with Crippen molar-refractivity contribution in [2.24, 2.45) is 0 Å². The number of fused-ring (bicyclic) bond motifs is 1. The molecule has 8 nitrogen and oxygen atoms in total. The highest BCUT2D eigenvalue weighted by atomic mass is 16.7. The lowest BCUT2D eigenvalue weighted by Gasteiger charge is -2.04. The van der Waals surface area contributed by atoms with E-state index in [-0.39, 0.29) is 25.9 Å². The molecule has 2 heterocycles. The Morgan fingerprint density at radius 3 is 2.93 bits per heavy atom. The summed E-state index contributed by atoms with van der Waals surface area (Å²) in [5.74, 6) is 8.08. The maximum Gasteiger partial charge on any atom is 0.270 e. The second kappa shape index (κ2) is 8.92. The summed E-state index contributed by atoms with van der Waals surface area (Å²) in [6.07, 6.45) is 0. The molecular formula is C22H19N3O5. The molecule has 1 aromatic heterocycles. The molecule has 8 heteroatoms. The summed E-state index contributed by atoms with van der Waals surface area (Å²) >= 11 is 0. The van der Waals surface area contributed by atoms with E-state index in [1.54, 1.807) is 31.4 Å². The minimum Gasteiger partial charge on any atom is -0.496 e. The summed E-state index contributed by atoms with van der Waals surface area (Å²) in [6, 6.07) is 14.5. The van der Waals surface area contributed by atoms with E-state index in [0.717, 1.165) is 5.56 Å². The third-order valence-corrected chi connectivity index (χ3v) is 4.32. The van der Waals surface area contributed by atoms with Gasteiger partial charge in [0, 0.05) is 11.6 Å². The topological polar surface area (TPSA) is 94.7 Å². The van der Waals surface area contributed by atoms with Gasteiger partial charge in [-0.25, -0.2) is 0 Å². The highest BCUT2D eigenvalue weighted by molar-refractivity contribution is 5.93. The molecule has 2 N–H and O–H groups in total. The van der Waals surface area contributed by atoms with Crippen LogP contribution in [0.25, 0.3) is 11.3 Å². The van der Waals surface area contributed by atoms with E-state index in [2.05, 4.69) is 27.4 Å². The van der Waals surface area contributed by atoms with Crippen LogP contribution in [0.5, 0.6) is 23.0 Å². The van der Waals surface area contributed by atoms with Crippen LogP contribution < -0.4 is 24.3 Å². The molecule has 0 spiro atoms. The van der Waals surface area contributed by atoms with E-state index in [1.165, 1.54) is 0 Å². The second-order valence-corrected chi connectivity index (χ2v) is 6.21. The molecule has 0 aliphatic carbocycles. The van der Waals surface area contributed by atoms with Crippen LogP contribution in [0.2, 0.25) is 0 Å². The van der Waals surface area contributed by atoms with E-state index in [1.807, 2.05) is 24.3 Å². The normalized spacial score (nSPS) is 11.4. The molecule has 0 atom stereocenters. The van der Waals surface area contributed by atoms with Gasteiger partial charge in [-0.3, -0.25) is 9.89 Å². The van der Waals surface area contributed by atoms with Crippen molar-refractivity contribution in [2.75, 3.05) is 27.1 Å². The predicted octanol–water partition coefficient (Wildman–Crippen LogP) is 2.63. The Bertz CT molecular complexity index is 1110. The number of para-hydroxylation sites is 1. The molecule has 152 valence electrons. The number of nitrogens with one attached hydrogen (secondary N) is 2. The van der Waals surface area contributed by atoms with Crippen molar-refractivity contribution < 1.29 is 23.7 Å². The number of carbonyl (C=O) groups is 1. The van der Waals surface area contributed by atoms with Gasteiger partial charge >= 0.3 is 0 Å². The fraction of sp³-hybridized carbons (Fsp3) is 0.182. The van der Waals surface area contributed by atoms with Gasteiger partial charge in [0.15, 0.2) is 11.5 Å². The maximum atomic E-state index is 12.3. The van der Waals surface area contributed by atoms with Crippen molar-refractivity contribution in [3.8, 4) is 46.1 Å². The Labute approximate surface area is 173 Å². The van der Waals surface area contributed by atoms with Crippen molar-refractivity contribution in [1.29, 1.82) is 0 Å². The minimum absolute atomic E-state index is 0.187. The predicted molar refractivity (Wildman–Crippen MR) is 109 cm³/mol. The van der Waals surface area contributed by atoms with Crippen molar-refractivity contribution >= 4 is 5.91 Å². The molecule has 0 fully saturated rings. The third-order valence-electron chi connectivity index (χ3n) is 4.32. The SMILES string of the molecule is COc1ccccc1-c1cc(C(=O)NCC#CCOc2ccc3c(c2)OCO3)[nH]n1. The van der Waals surface area contributed by atoms with Gasteiger partial charge in [-0.1, -0.05) is 24.0 Å². The number of carbonyl (C=O) groups excluding carboxylic acids is 1. The number of H-pyrrole nitrogens is 1. The lowest BCUT2D eigenvalue weighted by molar-refractivity contribution is 0.0953. The van der Waals surface area contributed by atoms with Crippen LogP contribution in [0.15, 0.2) is 48.5 Å². The molecule has 4 rings (SSSR count). The van der Waals surface area contributed by atoms with Crippen LogP contribution in [0.3, 0.4) is 0 Å². The van der Waals surface area contributed by atoms with Gasteiger partial charge in [0.05, 0.1) is 19.3 Å². The molecular weight excluding hydrogens is 386 g/mol. The first kappa shape index (κ1) is 19.2. The smallest absolute Gasteiger partial charge is 0.270 e. The fourth-order valence-electron chi connectivity index (χ4n) is 2.85. The molecule has 0 unspecified atom stereocenters. The number of aromatic amines is 1. The third kappa shape index (κ3) is 4.31. The van der Waals surface area contributed by atoms with Gasteiger partial charge in [-0.15, -0.1) is 0 Å². The van der Waals surface area contributed by atoms with E-state index in [9.17, 15) is 4.79 Å². The number of hydrogen-bond donors (Lipinski definition) is 2. The first-order chi connectivity index (χ1) is 14.7. The largest absolute Gasteiger partial charge is 0.496 e. The van der Waals surface area contributed by atoms with Crippen LogP contribution in [0, 0.1) is 11.8 Å². The monoisotopic (exact) mass is 405 g/mol. The molecule has 1 aliphatic rings. The molecule has 0 saturated heterocycles. The quantitative estimate of drug-likeness (QED) is 0.613. The van der Waals surface area contributed by atoms with Crippen LogP contribution in [-0.4, -0.2) is 43.2 Å². The van der Waals surface area contributed by atoms with E-state index >= 15 is 0 Å². The molecule has 0 bridgehead atoms. The number of amides is 1. The number of rotatable bonds is 6.